The molecular formula is C24H22O6. The highest BCUT2D eigenvalue weighted by Crippen LogP contribution is 2.39. The lowest BCUT2D eigenvalue weighted by molar-refractivity contribution is 0.0600. The fourth-order valence-corrected chi connectivity index (χ4v) is 3.07. The number of aldehydes is 1. The van der Waals surface area contributed by atoms with Crippen molar-refractivity contribution in [1.82, 2.24) is 0 Å². The number of hydrogen-bond acceptors (Lipinski definition) is 6. The Morgan fingerprint density at radius 3 is 2.20 bits per heavy atom. The minimum Gasteiger partial charge on any atom is -0.496 e. The van der Waals surface area contributed by atoms with E-state index in [0.29, 0.717) is 46.1 Å². The highest BCUT2D eigenvalue weighted by Gasteiger charge is 2.18. The Morgan fingerprint density at radius 1 is 0.833 bits per heavy atom. The second-order valence-corrected chi connectivity index (χ2v) is 6.39. The SMILES string of the molecule is COC(=O)c1ccc(-c2cc(OCc3ccccc3)c(OC)cc2C=O)c(OC)c1. The lowest BCUT2D eigenvalue weighted by atomic mass is 9.97. The van der Waals surface area contributed by atoms with E-state index in [0.717, 1.165) is 11.8 Å². The van der Waals surface area contributed by atoms with E-state index >= 15 is 0 Å². The number of hydrogen-bond donors (Lipinski definition) is 0. The van der Waals surface area contributed by atoms with E-state index in [9.17, 15) is 9.59 Å². The van der Waals surface area contributed by atoms with Crippen LogP contribution in [-0.2, 0) is 11.3 Å². The lowest BCUT2D eigenvalue weighted by Gasteiger charge is -2.16. The van der Waals surface area contributed by atoms with Crippen molar-refractivity contribution in [3.05, 3.63) is 77.4 Å². The van der Waals surface area contributed by atoms with Gasteiger partial charge in [-0.05, 0) is 41.5 Å². The Labute approximate surface area is 175 Å². The van der Waals surface area contributed by atoms with Crippen LogP contribution in [0.1, 0.15) is 26.3 Å². The molecule has 30 heavy (non-hydrogen) atoms. The van der Waals surface area contributed by atoms with Crippen LogP contribution in [0.15, 0.2) is 60.7 Å². The zero-order valence-electron chi connectivity index (χ0n) is 17.0. The Hall–Kier alpha value is -3.80. The number of esters is 1. The first kappa shape index (κ1) is 20.9. The predicted octanol–water partition coefficient (Wildman–Crippen LogP) is 4.55. The van der Waals surface area contributed by atoms with Gasteiger partial charge in [-0.1, -0.05) is 30.3 Å². The third-order valence-electron chi connectivity index (χ3n) is 4.61. The minimum absolute atomic E-state index is 0.343. The molecule has 0 radical (unpaired) electrons. The summed E-state index contributed by atoms with van der Waals surface area (Å²) in [6, 6.07) is 18.0. The second kappa shape index (κ2) is 9.60. The van der Waals surface area contributed by atoms with Gasteiger partial charge in [-0.15, -0.1) is 0 Å². The van der Waals surface area contributed by atoms with Gasteiger partial charge in [0, 0.05) is 11.1 Å². The number of rotatable bonds is 8. The molecule has 0 aliphatic carbocycles. The Bertz CT molecular complexity index is 1040. The van der Waals surface area contributed by atoms with Gasteiger partial charge < -0.3 is 18.9 Å². The van der Waals surface area contributed by atoms with Gasteiger partial charge in [0.25, 0.3) is 0 Å². The van der Waals surface area contributed by atoms with Gasteiger partial charge in [0.2, 0.25) is 0 Å². The molecule has 0 heterocycles. The van der Waals surface area contributed by atoms with Crippen LogP contribution in [-0.4, -0.2) is 33.6 Å². The molecule has 0 bridgehead atoms. The fraction of sp³-hybridized carbons (Fsp3) is 0.167. The number of methoxy groups -OCH3 is 3. The van der Waals surface area contributed by atoms with Gasteiger partial charge >= 0.3 is 5.97 Å². The number of carbonyl (C=O) groups is 2. The summed E-state index contributed by atoms with van der Waals surface area (Å²) in [5, 5.41) is 0. The first-order chi connectivity index (χ1) is 14.6. The molecule has 0 amide bonds. The Morgan fingerprint density at radius 2 is 1.57 bits per heavy atom. The van der Waals surface area contributed by atoms with Gasteiger partial charge in [0.05, 0.1) is 26.9 Å². The Balaban J connectivity index is 2.05. The monoisotopic (exact) mass is 406 g/mol. The summed E-state index contributed by atoms with van der Waals surface area (Å²) in [5.74, 6) is 0.889. The largest absolute Gasteiger partial charge is 0.496 e. The molecule has 3 rings (SSSR count). The summed E-state index contributed by atoms with van der Waals surface area (Å²) in [6.07, 6.45) is 0.743. The molecule has 0 aromatic heterocycles. The molecule has 0 atom stereocenters. The van der Waals surface area contributed by atoms with Crippen LogP contribution in [0.4, 0.5) is 0 Å². The van der Waals surface area contributed by atoms with Gasteiger partial charge in [-0.3, -0.25) is 4.79 Å². The molecule has 0 saturated heterocycles. The van der Waals surface area contributed by atoms with Crippen molar-refractivity contribution in [2.24, 2.45) is 0 Å². The van der Waals surface area contributed by atoms with Crippen LogP contribution in [0.25, 0.3) is 11.1 Å². The molecule has 3 aromatic rings. The quantitative estimate of drug-likeness (QED) is 0.404. The van der Waals surface area contributed by atoms with E-state index < -0.39 is 5.97 Å². The van der Waals surface area contributed by atoms with Crippen LogP contribution >= 0.6 is 0 Å². The third-order valence-corrected chi connectivity index (χ3v) is 4.61. The molecule has 6 nitrogen and oxygen atoms in total. The van der Waals surface area contributed by atoms with Crippen LogP contribution in [0, 0.1) is 0 Å². The molecule has 0 unspecified atom stereocenters. The fourth-order valence-electron chi connectivity index (χ4n) is 3.07. The van der Waals surface area contributed by atoms with E-state index in [1.807, 2.05) is 30.3 Å². The normalized spacial score (nSPS) is 10.2. The van der Waals surface area contributed by atoms with Gasteiger partial charge in [0.15, 0.2) is 17.8 Å². The lowest BCUT2D eigenvalue weighted by Crippen LogP contribution is -2.03. The zero-order valence-corrected chi connectivity index (χ0v) is 17.0. The summed E-state index contributed by atoms with van der Waals surface area (Å²) in [5.41, 5.74) is 2.99. The van der Waals surface area contributed by atoms with E-state index in [1.54, 1.807) is 30.3 Å². The number of carbonyl (C=O) groups excluding carboxylic acids is 2. The van der Waals surface area contributed by atoms with Crippen molar-refractivity contribution in [3.63, 3.8) is 0 Å². The van der Waals surface area contributed by atoms with Crippen molar-refractivity contribution >= 4 is 12.3 Å². The topological polar surface area (TPSA) is 71.1 Å². The van der Waals surface area contributed by atoms with Crippen LogP contribution in [0.3, 0.4) is 0 Å². The molecule has 0 saturated carbocycles. The molecule has 6 heteroatoms. The minimum atomic E-state index is -0.475. The molecule has 0 aliphatic rings. The average molecular weight is 406 g/mol. The van der Waals surface area contributed by atoms with E-state index in [2.05, 4.69) is 0 Å². The first-order valence-corrected chi connectivity index (χ1v) is 9.22. The standard InChI is InChI=1S/C24H22O6/c1-27-21-11-17(24(26)29-3)9-10-19(21)20-13-23(22(28-2)12-18(20)14-25)30-15-16-7-5-4-6-8-16/h4-14H,15H2,1-3H3. The molecule has 0 spiro atoms. The molecule has 154 valence electrons. The summed E-state index contributed by atoms with van der Waals surface area (Å²) in [6.45, 7) is 0.343. The van der Waals surface area contributed by atoms with Crippen molar-refractivity contribution in [1.29, 1.82) is 0 Å². The second-order valence-electron chi connectivity index (χ2n) is 6.39. The smallest absolute Gasteiger partial charge is 0.337 e. The summed E-state index contributed by atoms with van der Waals surface area (Å²) >= 11 is 0. The molecule has 3 aromatic carbocycles. The number of benzene rings is 3. The van der Waals surface area contributed by atoms with Crippen molar-refractivity contribution in [2.75, 3.05) is 21.3 Å². The molecule has 0 N–H and O–H groups in total. The van der Waals surface area contributed by atoms with Gasteiger partial charge in [-0.2, -0.15) is 0 Å². The van der Waals surface area contributed by atoms with Crippen molar-refractivity contribution < 1.29 is 28.5 Å². The maximum atomic E-state index is 11.8. The van der Waals surface area contributed by atoms with Crippen molar-refractivity contribution in [3.8, 4) is 28.4 Å². The summed E-state index contributed by atoms with van der Waals surface area (Å²) in [4.78, 5) is 23.6. The summed E-state index contributed by atoms with van der Waals surface area (Å²) in [7, 11) is 4.33. The van der Waals surface area contributed by atoms with E-state index in [1.165, 1.54) is 21.3 Å². The van der Waals surface area contributed by atoms with Crippen LogP contribution in [0.5, 0.6) is 17.2 Å². The van der Waals surface area contributed by atoms with Crippen molar-refractivity contribution in [2.45, 2.75) is 6.61 Å². The highest BCUT2D eigenvalue weighted by molar-refractivity contribution is 5.94. The molecular weight excluding hydrogens is 384 g/mol. The van der Waals surface area contributed by atoms with E-state index in [-0.39, 0.29) is 0 Å². The highest BCUT2D eigenvalue weighted by atomic mass is 16.5. The maximum Gasteiger partial charge on any atom is 0.337 e. The Kier molecular flexibility index (Phi) is 6.70. The molecule has 0 aliphatic heterocycles. The number of ether oxygens (including phenoxy) is 4. The van der Waals surface area contributed by atoms with Crippen LogP contribution < -0.4 is 14.2 Å². The van der Waals surface area contributed by atoms with E-state index in [4.69, 9.17) is 18.9 Å². The maximum absolute atomic E-state index is 11.8. The predicted molar refractivity (Wildman–Crippen MR) is 112 cm³/mol. The molecule has 0 fully saturated rings. The van der Waals surface area contributed by atoms with Crippen LogP contribution in [0.2, 0.25) is 0 Å². The van der Waals surface area contributed by atoms with Gasteiger partial charge in [0.1, 0.15) is 12.4 Å². The summed E-state index contributed by atoms with van der Waals surface area (Å²) < 4.78 is 21.6. The first-order valence-electron chi connectivity index (χ1n) is 9.22. The zero-order chi connectivity index (χ0) is 21.5. The van der Waals surface area contributed by atoms with Gasteiger partial charge in [-0.25, -0.2) is 4.79 Å². The average Bonchev–Trinajstić information content (AvgIpc) is 2.81. The third kappa shape index (κ3) is 4.43.